The summed E-state index contributed by atoms with van der Waals surface area (Å²) in [6.45, 7) is 5.17. The van der Waals surface area contributed by atoms with Gasteiger partial charge in [0.15, 0.2) is 0 Å². The van der Waals surface area contributed by atoms with Crippen molar-refractivity contribution in [3.63, 3.8) is 0 Å². The van der Waals surface area contributed by atoms with E-state index in [1.54, 1.807) is 0 Å². The molecule has 0 aromatic rings. The molecule has 92 valence electrons. The Morgan fingerprint density at radius 3 is 2.50 bits per heavy atom. The van der Waals surface area contributed by atoms with Gasteiger partial charge in [-0.3, -0.25) is 9.11 Å². The van der Waals surface area contributed by atoms with Crippen LogP contribution in [0, 0.1) is 5.41 Å². The fourth-order valence-electron chi connectivity index (χ4n) is 3.78. The number of hydrogen-bond donors (Lipinski definition) is 0. The van der Waals surface area contributed by atoms with E-state index in [-0.39, 0.29) is 0 Å². The monoisotopic (exact) mass is 242 g/mol. The maximum Gasteiger partial charge on any atom is 0.0249 e. The lowest BCUT2D eigenvalue weighted by Crippen LogP contribution is -2.56. The SMILES string of the molecule is CN1CC2(CCN(C3CCS(=O)CC3)C2)C1. The molecule has 0 unspecified atom stereocenters. The van der Waals surface area contributed by atoms with Crippen LogP contribution in [0.5, 0.6) is 0 Å². The summed E-state index contributed by atoms with van der Waals surface area (Å²) in [5, 5.41) is 0. The van der Waals surface area contributed by atoms with E-state index in [0.717, 1.165) is 17.5 Å². The maximum absolute atomic E-state index is 11.3. The molecule has 0 radical (unpaired) electrons. The molecule has 0 saturated carbocycles. The van der Waals surface area contributed by atoms with E-state index in [1.165, 1.54) is 45.4 Å². The van der Waals surface area contributed by atoms with Crippen LogP contribution in [0.3, 0.4) is 0 Å². The van der Waals surface area contributed by atoms with Crippen molar-refractivity contribution >= 4 is 10.8 Å². The van der Waals surface area contributed by atoms with E-state index in [0.29, 0.717) is 5.41 Å². The smallest absolute Gasteiger partial charge is 0.0249 e. The van der Waals surface area contributed by atoms with Crippen molar-refractivity contribution in [1.82, 2.24) is 9.80 Å². The van der Waals surface area contributed by atoms with Crippen molar-refractivity contribution in [2.45, 2.75) is 25.3 Å². The minimum atomic E-state index is -0.509. The fraction of sp³-hybridized carbons (Fsp3) is 1.00. The third-order valence-electron chi connectivity index (χ3n) is 4.55. The summed E-state index contributed by atoms with van der Waals surface area (Å²) in [7, 11) is 1.71. The highest BCUT2D eigenvalue weighted by molar-refractivity contribution is 7.85. The summed E-state index contributed by atoms with van der Waals surface area (Å²) < 4.78 is 11.3. The average molecular weight is 242 g/mol. The zero-order chi connectivity index (χ0) is 11.2. The van der Waals surface area contributed by atoms with Gasteiger partial charge in [0.2, 0.25) is 0 Å². The molecule has 3 fully saturated rings. The largest absolute Gasteiger partial charge is 0.305 e. The lowest BCUT2D eigenvalue weighted by molar-refractivity contribution is 0.0259. The number of hydrogen-bond acceptors (Lipinski definition) is 3. The van der Waals surface area contributed by atoms with E-state index in [4.69, 9.17) is 0 Å². The van der Waals surface area contributed by atoms with Crippen molar-refractivity contribution in [3.05, 3.63) is 0 Å². The van der Waals surface area contributed by atoms with Gasteiger partial charge in [0.1, 0.15) is 0 Å². The quantitative estimate of drug-likeness (QED) is 0.670. The second kappa shape index (κ2) is 4.07. The summed E-state index contributed by atoms with van der Waals surface area (Å²) in [5.41, 5.74) is 0.630. The second-order valence-corrected chi connectivity index (χ2v) is 7.67. The second-order valence-electron chi connectivity index (χ2n) is 5.97. The van der Waals surface area contributed by atoms with Gasteiger partial charge in [0, 0.05) is 53.4 Å². The van der Waals surface area contributed by atoms with Crippen LogP contribution in [0.15, 0.2) is 0 Å². The molecule has 3 aliphatic rings. The van der Waals surface area contributed by atoms with Crippen LogP contribution in [0.2, 0.25) is 0 Å². The van der Waals surface area contributed by atoms with Gasteiger partial charge < -0.3 is 4.90 Å². The van der Waals surface area contributed by atoms with Crippen molar-refractivity contribution in [3.8, 4) is 0 Å². The first-order chi connectivity index (χ1) is 7.67. The zero-order valence-corrected chi connectivity index (χ0v) is 11.0. The molecular formula is C12H22N2OS. The Morgan fingerprint density at radius 1 is 1.19 bits per heavy atom. The first-order valence-corrected chi connectivity index (χ1v) is 7.93. The maximum atomic E-state index is 11.3. The molecule has 1 spiro atoms. The Morgan fingerprint density at radius 2 is 1.88 bits per heavy atom. The third-order valence-corrected chi connectivity index (χ3v) is 5.93. The van der Waals surface area contributed by atoms with Crippen LogP contribution >= 0.6 is 0 Å². The molecule has 4 heteroatoms. The van der Waals surface area contributed by atoms with Crippen LogP contribution in [-0.4, -0.2) is 64.8 Å². The molecular weight excluding hydrogens is 220 g/mol. The molecule has 0 amide bonds. The Bertz CT molecular complexity index is 291. The van der Waals surface area contributed by atoms with Gasteiger partial charge in [-0.1, -0.05) is 0 Å². The van der Waals surface area contributed by atoms with E-state index in [9.17, 15) is 4.21 Å². The fourth-order valence-corrected chi connectivity index (χ4v) is 5.06. The Hall–Kier alpha value is 0.0700. The molecule has 3 rings (SSSR count). The highest BCUT2D eigenvalue weighted by atomic mass is 32.2. The first kappa shape index (κ1) is 11.2. The van der Waals surface area contributed by atoms with E-state index in [1.807, 2.05) is 0 Å². The van der Waals surface area contributed by atoms with Crippen molar-refractivity contribution in [1.29, 1.82) is 0 Å². The summed E-state index contributed by atoms with van der Waals surface area (Å²) >= 11 is 0. The van der Waals surface area contributed by atoms with Gasteiger partial charge in [-0.15, -0.1) is 0 Å². The van der Waals surface area contributed by atoms with Crippen LogP contribution in [0.4, 0.5) is 0 Å². The van der Waals surface area contributed by atoms with Crippen molar-refractivity contribution < 1.29 is 4.21 Å². The van der Waals surface area contributed by atoms with Crippen molar-refractivity contribution in [2.75, 3.05) is 44.7 Å². The molecule has 3 aliphatic heterocycles. The van der Waals surface area contributed by atoms with Gasteiger partial charge in [0.05, 0.1) is 0 Å². The van der Waals surface area contributed by atoms with Crippen LogP contribution in [0.25, 0.3) is 0 Å². The number of nitrogens with zero attached hydrogens (tertiary/aromatic N) is 2. The molecule has 0 atom stereocenters. The molecule has 0 aliphatic carbocycles. The lowest BCUT2D eigenvalue weighted by atomic mass is 9.79. The predicted molar refractivity (Wildman–Crippen MR) is 67.0 cm³/mol. The van der Waals surface area contributed by atoms with Gasteiger partial charge in [-0.25, -0.2) is 0 Å². The van der Waals surface area contributed by atoms with Crippen LogP contribution in [-0.2, 0) is 10.8 Å². The van der Waals surface area contributed by atoms with E-state index < -0.39 is 10.8 Å². The van der Waals surface area contributed by atoms with Crippen molar-refractivity contribution in [2.24, 2.45) is 5.41 Å². The standard InChI is InChI=1S/C12H22N2OS/c1-13-8-12(9-13)4-5-14(10-12)11-2-6-16(15)7-3-11/h11H,2-10H2,1H3. The summed E-state index contributed by atoms with van der Waals surface area (Å²) in [4.78, 5) is 5.11. The van der Waals surface area contributed by atoms with Crippen LogP contribution < -0.4 is 0 Å². The summed E-state index contributed by atoms with van der Waals surface area (Å²) in [6, 6.07) is 0.739. The molecule has 0 N–H and O–H groups in total. The zero-order valence-electron chi connectivity index (χ0n) is 10.2. The van der Waals surface area contributed by atoms with Gasteiger partial charge in [0.25, 0.3) is 0 Å². The lowest BCUT2D eigenvalue weighted by Gasteiger charge is -2.46. The van der Waals surface area contributed by atoms with Gasteiger partial charge in [-0.05, 0) is 32.9 Å². The highest BCUT2D eigenvalue weighted by Gasteiger charge is 2.47. The van der Waals surface area contributed by atoms with Gasteiger partial charge in [-0.2, -0.15) is 0 Å². The third kappa shape index (κ3) is 1.95. The number of likely N-dealkylation sites (tertiary alicyclic amines) is 2. The Balaban J connectivity index is 1.56. The molecule has 3 heterocycles. The topological polar surface area (TPSA) is 23.6 Å². The molecule has 16 heavy (non-hydrogen) atoms. The highest BCUT2D eigenvalue weighted by Crippen LogP contribution is 2.40. The Kier molecular flexibility index (Phi) is 2.84. The predicted octanol–water partition coefficient (Wildman–Crippen LogP) is 0.535. The molecule has 0 bridgehead atoms. The Labute approximate surface area is 101 Å². The van der Waals surface area contributed by atoms with E-state index >= 15 is 0 Å². The summed E-state index contributed by atoms with van der Waals surface area (Å²) in [5.74, 6) is 1.88. The normalized spacial score (nSPS) is 40.1. The minimum Gasteiger partial charge on any atom is -0.305 e. The molecule has 0 aromatic carbocycles. The number of rotatable bonds is 1. The minimum absolute atomic E-state index is 0.509. The average Bonchev–Trinajstić information content (AvgIpc) is 2.63. The summed E-state index contributed by atoms with van der Waals surface area (Å²) in [6.07, 6.45) is 3.72. The first-order valence-electron chi connectivity index (χ1n) is 6.45. The van der Waals surface area contributed by atoms with E-state index in [2.05, 4.69) is 16.8 Å². The molecule has 3 nitrogen and oxygen atoms in total. The van der Waals surface area contributed by atoms with Crippen LogP contribution in [0.1, 0.15) is 19.3 Å². The van der Waals surface area contributed by atoms with Gasteiger partial charge >= 0.3 is 0 Å². The molecule has 0 aromatic heterocycles. The molecule has 3 saturated heterocycles.